The first-order chi connectivity index (χ1) is 17.7. The van der Waals surface area contributed by atoms with E-state index in [1.165, 1.54) is 11.3 Å². The van der Waals surface area contributed by atoms with E-state index in [0.29, 0.717) is 12.2 Å². The lowest BCUT2D eigenvalue weighted by Crippen LogP contribution is -2.25. The second-order valence-electron chi connectivity index (χ2n) is 8.90. The first-order valence-corrected chi connectivity index (χ1v) is 12.0. The van der Waals surface area contributed by atoms with Gasteiger partial charge >= 0.3 is 11.9 Å². The Morgan fingerprint density at radius 2 is 1.57 bits per heavy atom. The van der Waals surface area contributed by atoms with Crippen molar-refractivity contribution in [2.24, 2.45) is 4.99 Å². The Bertz CT molecular complexity index is 1300. The van der Waals surface area contributed by atoms with E-state index in [-0.39, 0.29) is 0 Å². The number of aliphatic imine (C=N–C) groups is 1. The van der Waals surface area contributed by atoms with Crippen LogP contribution in [0.5, 0.6) is 0 Å². The first-order valence-electron chi connectivity index (χ1n) is 12.0. The minimum atomic E-state index is -1.26. The topological polar surface area (TPSA) is 106 Å². The van der Waals surface area contributed by atoms with Gasteiger partial charge in [0, 0.05) is 35.5 Å². The minimum Gasteiger partial charge on any atom is -0.478 e. The molecule has 8 nitrogen and oxygen atoms in total. The number of carbonyl (C=O) groups is 2. The van der Waals surface area contributed by atoms with Gasteiger partial charge < -0.3 is 20.0 Å². The molecule has 0 unspecified atom stereocenters. The molecule has 0 saturated carbocycles. The number of benzene rings is 2. The molecule has 1 aliphatic rings. The molecule has 0 spiro atoms. The molecule has 2 heterocycles. The highest BCUT2D eigenvalue weighted by Crippen LogP contribution is 2.40. The fourth-order valence-corrected chi connectivity index (χ4v) is 3.89. The third-order valence-corrected chi connectivity index (χ3v) is 5.77. The number of carboxylic acids is 2. The largest absolute Gasteiger partial charge is 0.478 e. The molecule has 192 valence electrons. The van der Waals surface area contributed by atoms with Crippen LogP contribution in [-0.4, -0.2) is 64.9 Å². The molecule has 0 bridgehead atoms. The molecule has 0 atom stereocenters. The number of aryl methyl sites for hydroxylation is 2. The molecule has 2 aromatic carbocycles. The van der Waals surface area contributed by atoms with Crippen LogP contribution in [-0.2, 0) is 9.59 Å². The van der Waals surface area contributed by atoms with Gasteiger partial charge in [-0.05, 0) is 58.6 Å². The number of rotatable bonds is 7. The Morgan fingerprint density at radius 3 is 2.19 bits per heavy atom. The van der Waals surface area contributed by atoms with Crippen LogP contribution >= 0.6 is 0 Å². The van der Waals surface area contributed by atoms with Crippen LogP contribution in [0.1, 0.15) is 28.8 Å². The average Bonchev–Trinajstić information content (AvgIpc) is 2.99. The van der Waals surface area contributed by atoms with Crippen molar-refractivity contribution >= 4 is 34.8 Å². The standard InChI is InChI=1S/C25H28N4.C4H4O4/c1-18-17-22-25(26-19(18)2)29(16-10-15-28(3)4)23-14-9-8-13-21(23)24(27-22)20-11-6-5-7-12-20;5-3(6)1-2-4(7)8/h5-9,11-14,17H,10,15-16H2,1-4H3;1-2H,(H,5,6)(H,7,8)/b;2-1+. The molecule has 0 aliphatic carbocycles. The predicted molar refractivity (Wildman–Crippen MR) is 146 cm³/mol. The zero-order chi connectivity index (χ0) is 26.9. The van der Waals surface area contributed by atoms with Crippen LogP contribution in [0.3, 0.4) is 0 Å². The molecule has 0 amide bonds. The number of fused-ring (bicyclic) bond motifs is 2. The highest BCUT2D eigenvalue weighted by atomic mass is 16.4. The SMILES string of the molecule is Cc1cc2c(nc1C)N(CCCN(C)C)c1ccccc1C(c1ccccc1)=N2.O=C(O)/C=C/C(=O)O. The van der Waals surface area contributed by atoms with Gasteiger partial charge in [-0.3, -0.25) is 0 Å². The summed E-state index contributed by atoms with van der Waals surface area (Å²) in [5.74, 6) is -1.56. The molecule has 1 aromatic heterocycles. The number of hydrogen-bond acceptors (Lipinski definition) is 6. The summed E-state index contributed by atoms with van der Waals surface area (Å²) in [4.78, 5) is 33.8. The van der Waals surface area contributed by atoms with E-state index in [1.807, 2.05) is 6.07 Å². The van der Waals surface area contributed by atoms with Crippen molar-refractivity contribution in [2.75, 3.05) is 32.1 Å². The van der Waals surface area contributed by atoms with Gasteiger partial charge in [0.25, 0.3) is 0 Å². The highest BCUT2D eigenvalue weighted by Gasteiger charge is 2.25. The molecule has 2 N–H and O–H groups in total. The van der Waals surface area contributed by atoms with Crippen LogP contribution < -0.4 is 4.90 Å². The Kier molecular flexibility index (Phi) is 9.29. The van der Waals surface area contributed by atoms with Gasteiger partial charge in [-0.15, -0.1) is 0 Å². The van der Waals surface area contributed by atoms with Crippen LogP contribution in [0.2, 0.25) is 0 Å². The van der Waals surface area contributed by atoms with Crippen molar-refractivity contribution in [3.8, 4) is 0 Å². The Balaban J connectivity index is 0.000000414. The summed E-state index contributed by atoms with van der Waals surface area (Å²) < 4.78 is 0. The van der Waals surface area contributed by atoms with Crippen LogP contribution in [0.4, 0.5) is 17.2 Å². The summed E-state index contributed by atoms with van der Waals surface area (Å²) in [5.41, 5.74) is 7.60. The maximum atomic E-state index is 9.55. The molecular weight excluding hydrogens is 468 g/mol. The van der Waals surface area contributed by atoms with Gasteiger partial charge in [0.15, 0.2) is 5.82 Å². The molecule has 0 saturated heterocycles. The molecule has 0 fully saturated rings. The van der Waals surface area contributed by atoms with E-state index in [2.05, 4.69) is 92.3 Å². The number of aliphatic carboxylic acids is 2. The Labute approximate surface area is 217 Å². The van der Waals surface area contributed by atoms with Gasteiger partial charge in [0.2, 0.25) is 0 Å². The van der Waals surface area contributed by atoms with E-state index in [0.717, 1.165) is 53.5 Å². The summed E-state index contributed by atoms with van der Waals surface area (Å²) in [6, 6.07) is 21.2. The van der Waals surface area contributed by atoms with Crippen molar-refractivity contribution in [3.05, 3.63) is 95.2 Å². The van der Waals surface area contributed by atoms with E-state index in [9.17, 15) is 9.59 Å². The van der Waals surface area contributed by atoms with Gasteiger partial charge in [0.1, 0.15) is 5.69 Å². The van der Waals surface area contributed by atoms with Gasteiger partial charge in [-0.25, -0.2) is 19.6 Å². The zero-order valence-electron chi connectivity index (χ0n) is 21.5. The second-order valence-corrected chi connectivity index (χ2v) is 8.90. The lowest BCUT2D eigenvalue weighted by atomic mass is 10.00. The second kappa shape index (κ2) is 12.6. The van der Waals surface area contributed by atoms with Crippen LogP contribution in [0.15, 0.2) is 77.8 Å². The zero-order valence-corrected chi connectivity index (χ0v) is 21.5. The van der Waals surface area contributed by atoms with E-state index in [4.69, 9.17) is 20.2 Å². The van der Waals surface area contributed by atoms with Crippen molar-refractivity contribution in [2.45, 2.75) is 20.3 Å². The smallest absolute Gasteiger partial charge is 0.328 e. The molecule has 0 radical (unpaired) electrons. The number of anilines is 2. The summed E-state index contributed by atoms with van der Waals surface area (Å²) >= 11 is 0. The Hall–Kier alpha value is -4.30. The fourth-order valence-electron chi connectivity index (χ4n) is 3.89. The van der Waals surface area contributed by atoms with Crippen molar-refractivity contribution in [3.63, 3.8) is 0 Å². The molecule has 37 heavy (non-hydrogen) atoms. The lowest BCUT2D eigenvalue weighted by Gasteiger charge is -2.26. The molecule has 1 aliphatic heterocycles. The lowest BCUT2D eigenvalue weighted by molar-refractivity contribution is -0.134. The van der Waals surface area contributed by atoms with E-state index in [1.54, 1.807) is 0 Å². The first kappa shape index (κ1) is 27.3. The van der Waals surface area contributed by atoms with Crippen molar-refractivity contribution in [1.82, 2.24) is 9.88 Å². The van der Waals surface area contributed by atoms with Gasteiger partial charge in [0.05, 0.1) is 11.4 Å². The number of nitrogens with zero attached hydrogens (tertiary/aromatic N) is 4. The minimum absolute atomic E-state index is 0.558. The summed E-state index contributed by atoms with van der Waals surface area (Å²) in [5, 5.41) is 15.6. The predicted octanol–water partition coefficient (Wildman–Crippen LogP) is 4.98. The monoisotopic (exact) mass is 500 g/mol. The average molecular weight is 501 g/mol. The normalized spacial score (nSPS) is 12.2. The summed E-state index contributed by atoms with van der Waals surface area (Å²) in [7, 11) is 4.24. The third kappa shape index (κ3) is 7.35. The molecular formula is C29H32N4O4. The van der Waals surface area contributed by atoms with Gasteiger partial charge in [-0.1, -0.05) is 48.5 Å². The number of hydrogen-bond donors (Lipinski definition) is 2. The van der Waals surface area contributed by atoms with Gasteiger partial charge in [-0.2, -0.15) is 0 Å². The van der Waals surface area contributed by atoms with Crippen molar-refractivity contribution in [1.29, 1.82) is 0 Å². The highest BCUT2D eigenvalue weighted by molar-refractivity contribution is 6.18. The van der Waals surface area contributed by atoms with E-state index >= 15 is 0 Å². The third-order valence-electron chi connectivity index (χ3n) is 5.77. The Morgan fingerprint density at radius 1 is 0.946 bits per heavy atom. The quantitative estimate of drug-likeness (QED) is 0.441. The van der Waals surface area contributed by atoms with E-state index < -0.39 is 11.9 Å². The molecule has 4 rings (SSSR count). The number of aromatic nitrogens is 1. The molecule has 8 heteroatoms. The maximum Gasteiger partial charge on any atom is 0.328 e. The maximum absolute atomic E-state index is 9.55. The fraction of sp³-hybridized carbons (Fsp3) is 0.241. The summed E-state index contributed by atoms with van der Waals surface area (Å²) in [6.07, 6.45) is 2.17. The van der Waals surface area contributed by atoms with Crippen LogP contribution in [0, 0.1) is 13.8 Å². The van der Waals surface area contributed by atoms with Crippen LogP contribution in [0.25, 0.3) is 0 Å². The summed E-state index contributed by atoms with van der Waals surface area (Å²) in [6.45, 7) is 6.11. The number of para-hydroxylation sites is 1. The number of carboxylic acid groups (broad SMARTS) is 2. The van der Waals surface area contributed by atoms with Crippen molar-refractivity contribution < 1.29 is 19.8 Å². The number of pyridine rings is 1. The molecule has 3 aromatic rings.